The van der Waals surface area contributed by atoms with Gasteiger partial charge in [-0.05, 0) is 37.0 Å². The van der Waals surface area contributed by atoms with E-state index in [9.17, 15) is 0 Å². The Labute approximate surface area is 86.3 Å². The largest absolute Gasteiger partial charge is 0.118 e. The first kappa shape index (κ1) is 10.6. The van der Waals surface area contributed by atoms with E-state index in [-0.39, 0.29) is 0 Å². The molecule has 0 heterocycles. The van der Waals surface area contributed by atoms with Crippen molar-refractivity contribution in [2.24, 2.45) is 0 Å². The van der Waals surface area contributed by atoms with Crippen molar-refractivity contribution in [2.75, 3.05) is 0 Å². The van der Waals surface area contributed by atoms with Crippen molar-refractivity contribution in [3.63, 3.8) is 0 Å². The molecule has 0 amide bonds. The molecule has 0 aromatic heterocycles. The van der Waals surface area contributed by atoms with Gasteiger partial charge in [0.25, 0.3) is 0 Å². The molecular formula is C14H16. The Morgan fingerprint density at radius 2 is 1.93 bits per heavy atom. The number of benzene rings is 1. The zero-order valence-electron chi connectivity index (χ0n) is 8.88. The van der Waals surface area contributed by atoms with Crippen LogP contribution in [0.1, 0.15) is 25.8 Å². The highest BCUT2D eigenvalue weighted by atomic mass is 14.0. The van der Waals surface area contributed by atoms with E-state index in [0.29, 0.717) is 0 Å². The quantitative estimate of drug-likeness (QED) is 0.487. The van der Waals surface area contributed by atoms with Gasteiger partial charge in [-0.2, -0.15) is 0 Å². The van der Waals surface area contributed by atoms with E-state index in [1.807, 2.05) is 24.3 Å². The van der Waals surface area contributed by atoms with Crippen molar-refractivity contribution in [1.29, 1.82) is 0 Å². The minimum absolute atomic E-state index is 0.907. The van der Waals surface area contributed by atoms with Crippen LogP contribution in [0.4, 0.5) is 0 Å². The highest BCUT2D eigenvalue weighted by Crippen LogP contribution is 2.12. The molecule has 0 spiro atoms. The summed E-state index contributed by atoms with van der Waals surface area (Å²) in [7, 11) is 0. The molecule has 1 rings (SSSR count). The first-order chi connectivity index (χ1) is 6.74. The Hall–Kier alpha value is -1.52. The predicted molar refractivity (Wildman–Crippen MR) is 63.0 cm³/mol. The van der Waals surface area contributed by atoms with Crippen LogP contribution in [-0.4, -0.2) is 0 Å². The number of allylic oxidation sites excluding steroid dienone is 2. The average Bonchev–Trinajstić information content (AvgIpc) is 2.19. The molecule has 0 bridgehead atoms. The zero-order chi connectivity index (χ0) is 10.4. The summed E-state index contributed by atoms with van der Waals surface area (Å²) >= 11 is 0. The van der Waals surface area contributed by atoms with Gasteiger partial charge in [-0.3, -0.25) is 0 Å². The van der Waals surface area contributed by atoms with E-state index in [1.54, 1.807) is 0 Å². The minimum atomic E-state index is 0.907. The summed E-state index contributed by atoms with van der Waals surface area (Å²) in [6.07, 6.45) is 2.81. The van der Waals surface area contributed by atoms with Gasteiger partial charge in [0, 0.05) is 0 Å². The van der Waals surface area contributed by atoms with E-state index in [2.05, 4.69) is 38.3 Å². The Balaban J connectivity index is 3.00. The van der Waals surface area contributed by atoms with Crippen LogP contribution in [0.15, 0.2) is 54.3 Å². The monoisotopic (exact) mass is 184 g/mol. The van der Waals surface area contributed by atoms with Gasteiger partial charge in [0.15, 0.2) is 0 Å². The molecule has 0 fully saturated rings. The van der Waals surface area contributed by atoms with Gasteiger partial charge in [-0.15, -0.1) is 12.3 Å². The second-order valence-electron chi connectivity index (χ2n) is 3.39. The van der Waals surface area contributed by atoms with Gasteiger partial charge in [-0.1, -0.05) is 36.4 Å². The maximum absolute atomic E-state index is 3.71. The second-order valence-corrected chi connectivity index (χ2v) is 3.39. The first-order valence-electron chi connectivity index (χ1n) is 4.83. The number of hydrogen-bond donors (Lipinski definition) is 0. The molecule has 14 heavy (non-hydrogen) atoms. The fraction of sp³-hybridized carbons (Fsp3) is 0.214. The van der Waals surface area contributed by atoms with Crippen LogP contribution in [0, 0.1) is 0 Å². The lowest BCUT2D eigenvalue weighted by Crippen LogP contribution is -1.77. The molecule has 0 atom stereocenters. The maximum Gasteiger partial charge on any atom is -0.00195 e. The lowest BCUT2D eigenvalue weighted by atomic mass is 10.1. The Bertz CT molecular complexity index is 362. The van der Waals surface area contributed by atoms with Crippen LogP contribution < -0.4 is 0 Å². The molecule has 1 aromatic rings. The van der Waals surface area contributed by atoms with Crippen LogP contribution in [0.2, 0.25) is 0 Å². The lowest BCUT2D eigenvalue weighted by Gasteiger charge is -1.97. The Morgan fingerprint density at radius 1 is 1.29 bits per heavy atom. The maximum atomic E-state index is 3.71. The summed E-state index contributed by atoms with van der Waals surface area (Å²) < 4.78 is 0. The molecular weight excluding hydrogens is 168 g/mol. The minimum Gasteiger partial charge on any atom is -0.118 e. The molecule has 0 nitrogen and oxygen atoms in total. The predicted octanol–water partition coefficient (Wildman–Crippen LogP) is 4.21. The van der Waals surface area contributed by atoms with Gasteiger partial charge >= 0.3 is 0 Å². The van der Waals surface area contributed by atoms with Gasteiger partial charge in [0.2, 0.25) is 0 Å². The van der Waals surface area contributed by atoms with E-state index in [0.717, 1.165) is 6.42 Å². The SMILES string of the molecule is C=CCC(C)=C=C(C)c1ccccc1. The molecule has 0 heteroatoms. The number of rotatable bonds is 3. The molecule has 0 saturated heterocycles. The lowest BCUT2D eigenvalue weighted by molar-refractivity contribution is 1.22. The van der Waals surface area contributed by atoms with Crippen LogP contribution in [0.5, 0.6) is 0 Å². The summed E-state index contributed by atoms with van der Waals surface area (Å²) in [5.74, 6) is 0. The van der Waals surface area contributed by atoms with Crippen LogP contribution in [-0.2, 0) is 0 Å². The third kappa shape index (κ3) is 3.08. The van der Waals surface area contributed by atoms with E-state index < -0.39 is 0 Å². The molecule has 72 valence electrons. The fourth-order valence-electron chi connectivity index (χ4n) is 1.35. The highest BCUT2D eigenvalue weighted by Gasteiger charge is 1.91. The van der Waals surface area contributed by atoms with E-state index >= 15 is 0 Å². The molecule has 0 unspecified atom stereocenters. The van der Waals surface area contributed by atoms with Crippen molar-refractivity contribution in [3.8, 4) is 0 Å². The summed E-state index contributed by atoms with van der Waals surface area (Å²) in [6, 6.07) is 10.3. The van der Waals surface area contributed by atoms with Crippen molar-refractivity contribution in [3.05, 3.63) is 59.9 Å². The Kier molecular flexibility index (Phi) is 3.97. The van der Waals surface area contributed by atoms with Crippen LogP contribution in [0.3, 0.4) is 0 Å². The number of hydrogen-bond acceptors (Lipinski definition) is 0. The third-order valence-electron chi connectivity index (χ3n) is 2.06. The van der Waals surface area contributed by atoms with Crippen molar-refractivity contribution < 1.29 is 0 Å². The highest BCUT2D eigenvalue weighted by molar-refractivity contribution is 5.63. The van der Waals surface area contributed by atoms with Crippen LogP contribution in [0.25, 0.3) is 5.57 Å². The van der Waals surface area contributed by atoms with Gasteiger partial charge in [-0.25, -0.2) is 0 Å². The molecule has 0 saturated carbocycles. The second kappa shape index (κ2) is 5.26. The molecule has 0 aliphatic rings. The van der Waals surface area contributed by atoms with Gasteiger partial charge in [0.1, 0.15) is 0 Å². The van der Waals surface area contributed by atoms with Crippen LogP contribution >= 0.6 is 0 Å². The Morgan fingerprint density at radius 3 is 2.50 bits per heavy atom. The molecule has 0 N–H and O–H groups in total. The summed E-state index contributed by atoms with van der Waals surface area (Å²) in [6.45, 7) is 7.87. The zero-order valence-corrected chi connectivity index (χ0v) is 8.88. The summed E-state index contributed by atoms with van der Waals surface area (Å²) in [4.78, 5) is 0. The molecule has 0 aliphatic heterocycles. The first-order valence-corrected chi connectivity index (χ1v) is 4.83. The normalized spacial score (nSPS) is 9.00. The summed E-state index contributed by atoms with van der Waals surface area (Å²) in [5.41, 5.74) is 7.00. The fourth-order valence-corrected chi connectivity index (χ4v) is 1.35. The van der Waals surface area contributed by atoms with Crippen molar-refractivity contribution in [2.45, 2.75) is 20.3 Å². The smallest absolute Gasteiger partial charge is 0.00195 e. The van der Waals surface area contributed by atoms with Crippen molar-refractivity contribution in [1.82, 2.24) is 0 Å². The molecule has 0 aliphatic carbocycles. The average molecular weight is 184 g/mol. The summed E-state index contributed by atoms with van der Waals surface area (Å²) in [5, 5.41) is 0. The van der Waals surface area contributed by atoms with E-state index in [4.69, 9.17) is 0 Å². The van der Waals surface area contributed by atoms with E-state index in [1.165, 1.54) is 16.7 Å². The van der Waals surface area contributed by atoms with Crippen molar-refractivity contribution >= 4 is 5.57 Å². The van der Waals surface area contributed by atoms with Gasteiger partial charge in [0.05, 0.1) is 0 Å². The standard InChI is InChI=1S/C14H16/c1-4-8-12(2)11-13(3)14-9-6-5-7-10-14/h4-7,9-10H,1,8H2,2-3H3. The van der Waals surface area contributed by atoms with Gasteiger partial charge < -0.3 is 0 Å². The topological polar surface area (TPSA) is 0 Å². The molecule has 0 radical (unpaired) electrons. The third-order valence-corrected chi connectivity index (χ3v) is 2.06. The molecule has 1 aromatic carbocycles.